The van der Waals surface area contributed by atoms with E-state index < -0.39 is 5.97 Å². The molecule has 2 rings (SSSR count). The molecule has 0 atom stereocenters. The van der Waals surface area contributed by atoms with Gasteiger partial charge in [-0.25, -0.2) is 4.79 Å². The Kier molecular flexibility index (Phi) is 5.35. The Labute approximate surface area is 124 Å². The molecule has 21 heavy (non-hydrogen) atoms. The van der Waals surface area contributed by atoms with Crippen LogP contribution in [0.3, 0.4) is 0 Å². The fraction of sp³-hybridized carbons (Fsp3) is 0.235. The number of furan rings is 1. The zero-order valence-corrected chi connectivity index (χ0v) is 12.0. The van der Waals surface area contributed by atoms with Crippen molar-refractivity contribution in [1.82, 2.24) is 4.90 Å². The maximum atomic E-state index is 10.5. The van der Waals surface area contributed by atoms with Crippen molar-refractivity contribution in [3.05, 3.63) is 65.6 Å². The topological polar surface area (TPSA) is 53.7 Å². The predicted octanol–water partition coefficient (Wildman–Crippen LogP) is 3.40. The molecule has 0 bridgehead atoms. The van der Waals surface area contributed by atoms with Crippen LogP contribution >= 0.6 is 0 Å². The lowest BCUT2D eigenvalue weighted by Gasteiger charge is -2.19. The number of carboxylic acids is 1. The number of benzene rings is 1. The zero-order chi connectivity index (χ0) is 15.1. The second-order valence-corrected chi connectivity index (χ2v) is 4.80. The lowest BCUT2D eigenvalue weighted by Crippen LogP contribution is -2.21. The summed E-state index contributed by atoms with van der Waals surface area (Å²) in [5.74, 6) is 0.0209. The molecule has 1 aromatic heterocycles. The van der Waals surface area contributed by atoms with Crippen LogP contribution in [0.2, 0.25) is 0 Å². The Balaban J connectivity index is 1.96. The number of hydrogen-bond acceptors (Lipinski definition) is 3. The fourth-order valence-electron chi connectivity index (χ4n) is 2.06. The van der Waals surface area contributed by atoms with Gasteiger partial charge in [-0.3, -0.25) is 4.90 Å². The third-order valence-electron chi connectivity index (χ3n) is 3.21. The number of nitrogens with zero attached hydrogens (tertiary/aromatic N) is 1. The molecule has 0 fully saturated rings. The monoisotopic (exact) mass is 285 g/mol. The lowest BCUT2D eigenvalue weighted by atomic mass is 10.1. The van der Waals surface area contributed by atoms with E-state index in [2.05, 4.69) is 11.8 Å². The van der Waals surface area contributed by atoms with E-state index in [1.807, 2.05) is 36.4 Å². The average molecular weight is 285 g/mol. The standard InChI is InChI=1S/C17H19NO3/c1-2-18(13-16-4-3-11-21-16)12-15-7-5-14(6-8-15)9-10-17(19)20/h3-11H,2,12-13H2,1H3,(H,19,20). The van der Waals surface area contributed by atoms with Gasteiger partial charge in [0.15, 0.2) is 0 Å². The van der Waals surface area contributed by atoms with Gasteiger partial charge in [-0.05, 0) is 35.9 Å². The van der Waals surface area contributed by atoms with Crippen molar-refractivity contribution in [1.29, 1.82) is 0 Å². The molecule has 0 saturated carbocycles. The molecule has 2 aromatic rings. The van der Waals surface area contributed by atoms with Crippen LogP contribution in [0.4, 0.5) is 0 Å². The van der Waals surface area contributed by atoms with Crippen LogP contribution in [-0.2, 0) is 17.9 Å². The minimum Gasteiger partial charge on any atom is -0.478 e. The average Bonchev–Trinajstić information content (AvgIpc) is 2.98. The first-order valence-electron chi connectivity index (χ1n) is 6.92. The van der Waals surface area contributed by atoms with Crippen LogP contribution in [0.5, 0.6) is 0 Å². The number of aliphatic carboxylic acids is 1. The highest BCUT2D eigenvalue weighted by molar-refractivity contribution is 5.85. The van der Waals surface area contributed by atoms with Gasteiger partial charge in [0.2, 0.25) is 0 Å². The molecule has 1 N–H and O–H groups in total. The molecule has 0 saturated heterocycles. The molecular weight excluding hydrogens is 266 g/mol. The van der Waals surface area contributed by atoms with Gasteiger partial charge in [-0.15, -0.1) is 0 Å². The summed E-state index contributed by atoms with van der Waals surface area (Å²) in [5.41, 5.74) is 2.08. The predicted molar refractivity (Wildman–Crippen MR) is 81.6 cm³/mol. The summed E-state index contributed by atoms with van der Waals surface area (Å²) < 4.78 is 5.37. The molecule has 4 nitrogen and oxygen atoms in total. The van der Waals surface area contributed by atoms with E-state index in [0.29, 0.717) is 0 Å². The van der Waals surface area contributed by atoms with E-state index in [1.54, 1.807) is 12.3 Å². The zero-order valence-electron chi connectivity index (χ0n) is 12.0. The van der Waals surface area contributed by atoms with Crippen LogP contribution < -0.4 is 0 Å². The second-order valence-electron chi connectivity index (χ2n) is 4.80. The van der Waals surface area contributed by atoms with Gasteiger partial charge in [-0.2, -0.15) is 0 Å². The number of hydrogen-bond donors (Lipinski definition) is 1. The van der Waals surface area contributed by atoms with E-state index in [4.69, 9.17) is 9.52 Å². The molecule has 0 spiro atoms. The molecule has 4 heteroatoms. The summed E-state index contributed by atoms with van der Waals surface area (Å²) in [6, 6.07) is 11.8. The van der Waals surface area contributed by atoms with Gasteiger partial charge in [0.05, 0.1) is 12.8 Å². The molecule has 110 valence electrons. The molecule has 0 aliphatic rings. The second kappa shape index (κ2) is 7.45. The minimum atomic E-state index is -0.935. The van der Waals surface area contributed by atoms with E-state index in [-0.39, 0.29) is 0 Å². The van der Waals surface area contributed by atoms with Crippen LogP contribution in [0.1, 0.15) is 23.8 Å². The number of rotatable bonds is 7. The van der Waals surface area contributed by atoms with Gasteiger partial charge < -0.3 is 9.52 Å². The van der Waals surface area contributed by atoms with Crippen LogP contribution in [-0.4, -0.2) is 22.5 Å². The largest absolute Gasteiger partial charge is 0.478 e. The number of carboxylic acid groups (broad SMARTS) is 1. The first-order chi connectivity index (χ1) is 10.2. The summed E-state index contributed by atoms with van der Waals surface area (Å²) in [5, 5.41) is 8.60. The van der Waals surface area contributed by atoms with Crippen LogP contribution in [0.25, 0.3) is 6.08 Å². The van der Waals surface area contributed by atoms with Crippen molar-refractivity contribution >= 4 is 12.0 Å². The van der Waals surface area contributed by atoms with E-state index in [1.165, 1.54) is 5.56 Å². The summed E-state index contributed by atoms with van der Waals surface area (Å²) in [4.78, 5) is 12.8. The Morgan fingerprint density at radius 1 is 1.24 bits per heavy atom. The first kappa shape index (κ1) is 15.1. The van der Waals surface area contributed by atoms with E-state index in [9.17, 15) is 4.79 Å². The molecule has 0 aliphatic heterocycles. The lowest BCUT2D eigenvalue weighted by molar-refractivity contribution is -0.131. The highest BCUT2D eigenvalue weighted by Crippen LogP contribution is 2.12. The first-order valence-corrected chi connectivity index (χ1v) is 6.92. The Morgan fingerprint density at radius 2 is 2.00 bits per heavy atom. The maximum absolute atomic E-state index is 10.5. The normalized spacial score (nSPS) is 11.3. The SMILES string of the molecule is CCN(Cc1ccc(C=CC(=O)O)cc1)Cc1ccco1. The molecule has 1 aromatic carbocycles. The van der Waals surface area contributed by atoms with Crippen molar-refractivity contribution in [2.75, 3.05) is 6.54 Å². The third-order valence-corrected chi connectivity index (χ3v) is 3.21. The van der Waals surface area contributed by atoms with Gasteiger partial charge >= 0.3 is 5.97 Å². The van der Waals surface area contributed by atoms with Crippen molar-refractivity contribution in [2.24, 2.45) is 0 Å². The summed E-state index contributed by atoms with van der Waals surface area (Å²) in [6.45, 7) is 4.67. The summed E-state index contributed by atoms with van der Waals surface area (Å²) in [6.07, 6.45) is 4.42. The Bertz CT molecular complexity index is 585. The van der Waals surface area contributed by atoms with Crippen molar-refractivity contribution in [2.45, 2.75) is 20.0 Å². The fourth-order valence-corrected chi connectivity index (χ4v) is 2.06. The summed E-state index contributed by atoms with van der Waals surface area (Å²) >= 11 is 0. The van der Waals surface area contributed by atoms with Crippen molar-refractivity contribution < 1.29 is 14.3 Å². The van der Waals surface area contributed by atoms with Crippen molar-refractivity contribution in [3.63, 3.8) is 0 Å². The molecule has 0 amide bonds. The van der Waals surface area contributed by atoms with Crippen LogP contribution in [0, 0.1) is 0 Å². The maximum Gasteiger partial charge on any atom is 0.328 e. The molecule has 0 unspecified atom stereocenters. The highest BCUT2D eigenvalue weighted by Gasteiger charge is 2.06. The Morgan fingerprint density at radius 3 is 2.57 bits per heavy atom. The molecule has 0 aliphatic carbocycles. The molecule has 0 radical (unpaired) electrons. The van der Waals surface area contributed by atoms with Crippen molar-refractivity contribution in [3.8, 4) is 0 Å². The number of carbonyl (C=O) groups is 1. The van der Waals surface area contributed by atoms with Crippen LogP contribution in [0.15, 0.2) is 53.2 Å². The highest BCUT2D eigenvalue weighted by atomic mass is 16.4. The van der Waals surface area contributed by atoms with Gasteiger partial charge in [0.25, 0.3) is 0 Å². The minimum absolute atomic E-state index is 0.782. The van der Waals surface area contributed by atoms with E-state index in [0.717, 1.165) is 37.0 Å². The van der Waals surface area contributed by atoms with Gasteiger partial charge in [0.1, 0.15) is 5.76 Å². The van der Waals surface area contributed by atoms with Gasteiger partial charge in [-0.1, -0.05) is 31.2 Å². The molecular formula is C17H19NO3. The van der Waals surface area contributed by atoms with Gasteiger partial charge in [0, 0.05) is 12.6 Å². The smallest absolute Gasteiger partial charge is 0.328 e. The molecule has 1 heterocycles. The summed E-state index contributed by atoms with van der Waals surface area (Å²) in [7, 11) is 0. The Hall–Kier alpha value is -2.33. The third kappa shape index (κ3) is 4.93. The quantitative estimate of drug-likeness (QED) is 0.792. The van der Waals surface area contributed by atoms with E-state index >= 15 is 0 Å².